The van der Waals surface area contributed by atoms with E-state index >= 15 is 0 Å². The molecule has 0 saturated carbocycles. The van der Waals surface area contributed by atoms with Gasteiger partial charge in [0.05, 0.1) is 0 Å². The molecule has 0 aromatic heterocycles. The monoisotopic (exact) mass is 400 g/mol. The van der Waals surface area contributed by atoms with Crippen molar-refractivity contribution in [1.82, 2.24) is 10.2 Å². The van der Waals surface area contributed by atoms with Crippen LogP contribution < -0.4 is 10.1 Å². The molecule has 2 atom stereocenters. The van der Waals surface area contributed by atoms with Crippen LogP contribution in [0.5, 0.6) is 5.75 Å². The average molecular weight is 400 g/mol. The molecule has 2 aromatic carbocycles. The van der Waals surface area contributed by atoms with E-state index < -0.39 is 6.04 Å². The average Bonchev–Trinajstić information content (AvgIpc) is 2.71. The van der Waals surface area contributed by atoms with E-state index in [0.29, 0.717) is 5.75 Å². The lowest BCUT2D eigenvalue weighted by Crippen LogP contribution is -2.50. The second-order valence-corrected chi connectivity index (χ2v) is 7.25. The van der Waals surface area contributed by atoms with Crippen molar-refractivity contribution < 1.29 is 18.7 Å². The van der Waals surface area contributed by atoms with Gasteiger partial charge < -0.3 is 15.0 Å². The number of carbonyl (C=O) groups is 2. The molecule has 0 fully saturated rings. The summed E-state index contributed by atoms with van der Waals surface area (Å²) < 4.78 is 18.9. The minimum Gasteiger partial charge on any atom is -0.484 e. The van der Waals surface area contributed by atoms with Gasteiger partial charge in [-0.05, 0) is 62.6 Å². The van der Waals surface area contributed by atoms with Crippen LogP contribution in [-0.4, -0.2) is 35.4 Å². The Kier molecular flexibility index (Phi) is 8.19. The maximum Gasteiger partial charge on any atom is 0.261 e. The summed E-state index contributed by atoms with van der Waals surface area (Å²) in [5.74, 6) is -0.304. The van der Waals surface area contributed by atoms with E-state index in [0.717, 1.165) is 17.5 Å². The fourth-order valence-electron chi connectivity index (χ4n) is 2.77. The van der Waals surface area contributed by atoms with Crippen LogP contribution >= 0.6 is 0 Å². The normalized spacial score (nSPS) is 12.7. The van der Waals surface area contributed by atoms with Gasteiger partial charge in [-0.15, -0.1) is 0 Å². The van der Waals surface area contributed by atoms with E-state index in [1.54, 1.807) is 25.1 Å². The molecule has 156 valence electrons. The molecule has 0 saturated heterocycles. The van der Waals surface area contributed by atoms with Crippen LogP contribution in [0.2, 0.25) is 0 Å². The highest BCUT2D eigenvalue weighted by atomic mass is 19.1. The number of rotatable bonds is 9. The SMILES string of the molecule is CCC(C)NC(=O)C(C)N(Cc1ccc(F)cc1)C(=O)COc1cccc(C)c1. The van der Waals surface area contributed by atoms with Gasteiger partial charge in [0.1, 0.15) is 17.6 Å². The molecular weight excluding hydrogens is 371 g/mol. The third kappa shape index (κ3) is 6.89. The van der Waals surface area contributed by atoms with Crippen molar-refractivity contribution in [2.24, 2.45) is 0 Å². The first-order valence-electron chi connectivity index (χ1n) is 9.84. The maximum atomic E-state index is 13.2. The van der Waals surface area contributed by atoms with Gasteiger partial charge in [-0.2, -0.15) is 0 Å². The predicted molar refractivity (Wildman–Crippen MR) is 111 cm³/mol. The third-order valence-corrected chi connectivity index (χ3v) is 4.79. The first-order valence-corrected chi connectivity index (χ1v) is 9.84. The van der Waals surface area contributed by atoms with E-state index in [9.17, 15) is 14.0 Å². The number of hydrogen-bond donors (Lipinski definition) is 1. The van der Waals surface area contributed by atoms with E-state index in [2.05, 4.69) is 5.32 Å². The van der Waals surface area contributed by atoms with Crippen LogP contribution in [0.3, 0.4) is 0 Å². The standard InChI is InChI=1S/C23H29FN2O3/c1-5-17(3)25-23(28)18(4)26(14-19-9-11-20(24)12-10-19)22(27)15-29-21-8-6-7-16(2)13-21/h6-13,17-18H,5,14-15H2,1-4H3,(H,25,28). The molecule has 1 N–H and O–H groups in total. The maximum absolute atomic E-state index is 13.2. The van der Waals surface area contributed by atoms with Crippen molar-refractivity contribution in [3.63, 3.8) is 0 Å². The Labute approximate surface area is 171 Å². The topological polar surface area (TPSA) is 58.6 Å². The van der Waals surface area contributed by atoms with Crippen molar-refractivity contribution in [3.8, 4) is 5.75 Å². The van der Waals surface area contributed by atoms with E-state index in [1.807, 2.05) is 39.0 Å². The van der Waals surface area contributed by atoms with E-state index in [-0.39, 0.29) is 36.8 Å². The molecule has 0 spiro atoms. The van der Waals surface area contributed by atoms with Gasteiger partial charge in [0.2, 0.25) is 5.91 Å². The molecule has 2 amide bonds. The van der Waals surface area contributed by atoms with Crippen LogP contribution in [0, 0.1) is 12.7 Å². The van der Waals surface area contributed by atoms with Gasteiger partial charge in [0.25, 0.3) is 5.91 Å². The lowest BCUT2D eigenvalue weighted by Gasteiger charge is -2.29. The highest BCUT2D eigenvalue weighted by Gasteiger charge is 2.27. The molecule has 2 aromatic rings. The molecule has 0 radical (unpaired) electrons. The molecule has 0 aliphatic rings. The molecule has 29 heavy (non-hydrogen) atoms. The number of halogens is 1. The first kappa shape index (κ1) is 22.4. The Morgan fingerprint density at radius 3 is 2.45 bits per heavy atom. The summed E-state index contributed by atoms with van der Waals surface area (Å²) in [5.41, 5.74) is 1.76. The molecule has 6 heteroatoms. The Balaban J connectivity index is 2.14. The molecular formula is C23H29FN2O3. The van der Waals surface area contributed by atoms with Crippen molar-refractivity contribution in [1.29, 1.82) is 0 Å². The van der Waals surface area contributed by atoms with Crippen molar-refractivity contribution in [3.05, 3.63) is 65.5 Å². The number of aryl methyl sites for hydroxylation is 1. The van der Waals surface area contributed by atoms with Crippen molar-refractivity contribution >= 4 is 11.8 Å². The molecule has 0 aliphatic carbocycles. The Morgan fingerprint density at radius 2 is 1.83 bits per heavy atom. The zero-order valence-electron chi connectivity index (χ0n) is 17.4. The smallest absolute Gasteiger partial charge is 0.261 e. The Morgan fingerprint density at radius 1 is 1.14 bits per heavy atom. The molecule has 0 bridgehead atoms. The highest BCUT2D eigenvalue weighted by Crippen LogP contribution is 2.15. The Bertz CT molecular complexity index is 823. The van der Waals surface area contributed by atoms with Crippen LogP contribution in [0.4, 0.5) is 4.39 Å². The van der Waals surface area contributed by atoms with Gasteiger partial charge in [-0.1, -0.05) is 31.2 Å². The van der Waals surface area contributed by atoms with Gasteiger partial charge in [0, 0.05) is 12.6 Å². The molecule has 2 rings (SSSR count). The van der Waals surface area contributed by atoms with Gasteiger partial charge in [-0.3, -0.25) is 9.59 Å². The zero-order chi connectivity index (χ0) is 21.4. The van der Waals surface area contributed by atoms with Crippen LogP contribution in [0.25, 0.3) is 0 Å². The van der Waals surface area contributed by atoms with Gasteiger partial charge >= 0.3 is 0 Å². The first-order chi connectivity index (χ1) is 13.8. The summed E-state index contributed by atoms with van der Waals surface area (Å²) in [4.78, 5) is 27.0. The number of nitrogens with zero attached hydrogens (tertiary/aromatic N) is 1. The zero-order valence-corrected chi connectivity index (χ0v) is 17.4. The summed E-state index contributed by atoms with van der Waals surface area (Å²) in [7, 11) is 0. The molecule has 0 heterocycles. The third-order valence-electron chi connectivity index (χ3n) is 4.79. The lowest BCUT2D eigenvalue weighted by atomic mass is 10.1. The number of carbonyl (C=O) groups excluding carboxylic acids is 2. The summed E-state index contributed by atoms with van der Waals surface area (Å²) >= 11 is 0. The minimum atomic E-state index is -0.692. The number of amides is 2. The van der Waals surface area contributed by atoms with E-state index in [1.165, 1.54) is 17.0 Å². The predicted octanol–water partition coefficient (Wildman–Crippen LogP) is 3.84. The van der Waals surface area contributed by atoms with Crippen LogP contribution in [-0.2, 0) is 16.1 Å². The van der Waals surface area contributed by atoms with Crippen molar-refractivity contribution in [2.75, 3.05) is 6.61 Å². The molecule has 2 unspecified atom stereocenters. The largest absolute Gasteiger partial charge is 0.484 e. The second kappa shape index (κ2) is 10.6. The molecule has 5 nitrogen and oxygen atoms in total. The fraction of sp³-hybridized carbons (Fsp3) is 0.391. The summed E-state index contributed by atoms with van der Waals surface area (Å²) in [6.07, 6.45) is 0.792. The van der Waals surface area contributed by atoms with Crippen LogP contribution in [0.1, 0.15) is 38.3 Å². The highest BCUT2D eigenvalue weighted by molar-refractivity contribution is 5.88. The van der Waals surface area contributed by atoms with Gasteiger partial charge in [-0.25, -0.2) is 4.39 Å². The Hall–Kier alpha value is -2.89. The van der Waals surface area contributed by atoms with Crippen LogP contribution in [0.15, 0.2) is 48.5 Å². The number of nitrogens with one attached hydrogen (secondary N) is 1. The summed E-state index contributed by atoms with van der Waals surface area (Å²) in [5, 5.41) is 2.91. The van der Waals surface area contributed by atoms with Gasteiger partial charge in [0.15, 0.2) is 6.61 Å². The quantitative estimate of drug-likeness (QED) is 0.696. The number of hydrogen-bond acceptors (Lipinski definition) is 3. The number of ether oxygens (including phenoxy) is 1. The second-order valence-electron chi connectivity index (χ2n) is 7.25. The van der Waals surface area contributed by atoms with E-state index in [4.69, 9.17) is 4.74 Å². The fourth-order valence-corrected chi connectivity index (χ4v) is 2.77. The summed E-state index contributed by atoms with van der Waals surface area (Å²) in [6.45, 7) is 7.52. The summed E-state index contributed by atoms with van der Waals surface area (Å²) in [6, 6.07) is 12.6. The van der Waals surface area contributed by atoms with Crippen molar-refractivity contribution in [2.45, 2.75) is 52.7 Å². The minimum absolute atomic E-state index is 0.0104. The molecule has 0 aliphatic heterocycles. The lowest BCUT2D eigenvalue weighted by molar-refractivity contribution is -0.142. The number of benzene rings is 2.